The van der Waals surface area contributed by atoms with Crippen molar-refractivity contribution in [1.29, 1.82) is 0 Å². The van der Waals surface area contributed by atoms with Gasteiger partial charge in [0.2, 0.25) is 0 Å². The number of nitro groups is 1. The minimum atomic E-state index is -0.368. The SMILES string of the molecule is O=[N+]([O-])c1ccc2c(c1)CN(C(=S)n1ccnc1)CC2. The molecule has 0 saturated heterocycles. The molecule has 0 N–H and O–H groups in total. The largest absolute Gasteiger partial charge is 0.344 e. The van der Waals surface area contributed by atoms with Gasteiger partial charge in [-0.25, -0.2) is 4.98 Å². The average Bonchev–Trinajstić information content (AvgIpc) is 2.99. The number of hydrogen-bond donors (Lipinski definition) is 0. The lowest BCUT2D eigenvalue weighted by Gasteiger charge is -2.30. The van der Waals surface area contributed by atoms with E-state index in [1.54, 1.807) is 35.4 Å². The van der Waals surface area contributed by atoms with Crippen molar-refractivity contribution in [2.24, 2.45) is 0 Å². The standard InChI is InChI=1S/C13H12N4O2S/c18-17(19)12-2-1-10-3-5-15(8-11(10)7-12)13(20)16-6-4-14-9-16/h1-2,4,6-7,9H,3,5,8H2. The third-order valence-electron chi connectivity index (χ3n) is 3.41. The van der Waals surface area contributed by atoms with E-state index in [-0.39, 0.29) is 10.6 Å². The van der Waals surface area contributed by atoms with Gasteiger partial charge in [0.25, 0.3) is 5.69 Å². The van der Waals surface area contributed by atoms with Gasteiger partial charge in [-0.2, -0.15) is 0 Å². The Hall–Kier alpha value is -2.28. The number of nitrogens with zero attached hydrogens (tertiary/aromatic N) is 4. The van der Waals surface area contributed by atoms with E-state index in [0.29, 0.717) is 11.7 Å². The van der Waals surface area contributed by atoms with Gasteiger partial charge in [-0.15, -0.1) is 0 Å². The molecule has 1 aliphatic rings. The first-order chi connectivity index (χ1) is 9.65. The maximum Gasteiger partial charge on any atom is 0.269 e. The van der Waals surface area contributed by atoms with Crippen LogP contribution in [-0.4, -0.2) is 31.0 Å². The van der Waals surface area contributed by atoms with Gasteiger partial charge in [0.1, 0.15) is 6.33 Å². The maximum atomic E-state index is 10.8. The van der Waals surface area contributed by atoms with Crippen LogP contribution in [0, 0.1) is 10.1 Å². The Balaban J connectivity index is 1.85. The minimum absolute atomic E-state index is 0.124. The highest BCUT2D eigenvalue weighted by Crippen LogP contribution is 2.24. The lowest BCUT2D eigenvalue weighted by molar-refractivity contribution is -0.385. The number of rotatable bonds is 1. The van der Waals surface area contributed by atoms with Gasteiger partial charge in [0.15, 0.2) is 5.11 Å². The van der Waals surface area contributed by atoms with Crippen LogP contribution in [0.4, 0.5) is 5.69 Å². The van der Waals surface area contributed by atoms with Crippen LogP contribution in [0.1, 0.15) is 11.1 Å². The van der Waals surface area contributed by atoms with Gasteiger partial charge in [-0.05, 0) is 29.8 Å². The van der Waals surface area contributed by atoms with Crippen molar-refractivity contribution in [1.82, 2.24) is 14.5 Å². The quantitative estimate of drug-likeness (QED) is 0.456. The number of benzene rings is 1. The molecule has 0 unspecified atom stereocenters. The zero-order valence-corrected chi connectivity index (χ0v) is 11.4. The fraction of sp³-hybridized carbons (Fsp3) is 0.231. The number of thiocarbonyl (C=S) groups is 1. The van der Waals surface area contributed by atoms with Gasteiger partial charge >= 0.3 is 0 Å². The van der Waals surface area contributed by atoms with Crippen molar-refractivity contribution in [3.63, 3.8) is 0 Å². The normalized spacial score (nSPS) is 13.9. The zero-order valence-electron chi connectivity index (χ0n) is 10.6. The Morgan fingerprint density at radius 1 is 1.40 bits per heavy atom. The van der Waals surface area contributed by atoms with E-state index < -0.39 is 0 Å². The monoisotopic (exact) mass is 288 g/mol. The summed E-state index contributed by atoms with van der Waals surface area (Å²) in [6.45, 7) is 1.40. The lowest BCUT2D eigenvalue weighted by atomic mass is 9.99. The summed E-state index contributed by atoms with van der Waals surface area (Å²) in [6.07, 6.45) is 5.97. The molecule has 1 aliphatic heterocycles. The topological polar surface area (TPSA) is 64.2 Å². The van der Waals surface area contributed by atoms with Gasteiger partial charge in [-0.1, -0.05) is 6.07 Å². The van der Waals surface area contributed by atoms with E-state index in [0.717, 1.165) is 24.1 Å². The summed E-state index contributed by atoms with van der Waals surface area (Å²) >= 11 is 5.42. The van der Waals surface area contributed by atoms with Crippen LogP contribution in [0.15, 0.2) is 36.9 Å². The summed E-state index contributed by atoms with van der Waals surface area (Å²) in [4.78, 5) is 16.5. The molecule has 1 aromatic heterocycles. The van der Waals surface area contributed by atoms with E-state index >= 15 is 0 Å². The van der Waals surface area contributed by atoms with Crippen molar-refractivity contribution in [2.45, 2.75) is 13.0 Å². The van der Waals surface area contributed by atoms with Gasteiger partial charge in [-0.3, -0.25) is 14.7 Å². The van der Waals surface area contributed by atoms with Crippen LogP contribution in [0.3, 0.4) is 0 Å². The first-order valence-corrected chi connectivity index (χ1v) is 6.59. The number of nitro benzene ring substituents is 1. The van der Waals surface area contributed by atoms with E-state index in [1.807, 2.05) is 11.0 Å². The summed E-state index contributed by atoms with van der Waals surface area (Å²) < 4.78 is 1.78. The fourth-order valence-corrected chi connectivity index (χ4v) is 2.62. The molecule has 6 nitrogen and oxygen atoms in total. The van der Waals surface area contributed by atoms with Crippen LogP contribution in [0.5, 0.6) is 0 Å². The minimum Gasteiger partial charge on any atom is -0.344 e. The van der Waals surface area contributed by atoms with Crippen molar-refractivity contribution in [3.05, 3.63) is 58.2 Å². The second-order valence-corrected chi connectivity index (χ2v) is 5.00. The smallest absolute Gasteiger partial charge is 0.269 e. The molecule has 7 heteroatoms. The zero-order chi connectivity index (χ0) is 14.1. The third-order valence-corrected chi connectivity index (χ3v) is 3.88. The van der Waals surface area contributed by atoms with Crippen LogP contribution in [-0.2, 0) is 13.0 Å². The molecule has 0 bridgehead atoms. The molecule has 0 atom stereocenters. The Labute approximate surface area is 120 Å². The number of fused-ring (bicyclic) bond motifs is 1. The Bertz CT molecular complexity index is 669. The molecule has 3 rings (SSSR count). The first-order valence-electron chi connectivity index (χ1n) is 6.18. The van der Waals surface area contributed by atoms with E-state index in [2.05, 4.69) is 4.98 Å². The van der Waals surface area contributed by atoms with E-state index in [9.17, 15) is 10.1 Å². The Morgan fingerprint density at radius 2 is 2.25 bits per heavy atom. The molecular weight excluding hydrogens is 276 g/mol. The molecule has 0 fully saturated rings. The molecule has 0 saturated carbocycles. The summed E-state index contributed by atoms with van der Waals surface area (Å²) in [5, 5.41) is 11.5. The third kappa shape index (κ3) is 2.27. The summed E-state index contributed by atoms with van der Waals surface area (Å²) in [5.41, 5.74) is 2.24. The molecule has 0 aliphatic carbocycles. The van der Waals surface area contributed by atoms with Crippen molar-refractivity contribution in [2.75, 3.05) is 6.54 Å². The molecular formula is C13H12N4O2S. The highest BCUT2D eigenvalue weighted by Gasteiger charge is 2.21. The predicted octanol–water partition coefficient (Wildman–Crippen LogP) is 1.98. The maximum absolute atomic E-state index is 10.8. The number of aromatic nitrogens is 2. The van der Waals surface area contributed by atoms with Crippen LogP contribution < -0.4 is 0 Å². The molecule has 2 heterocycles. The van der Waals surface area contributed by atoms with Crippen molar-refractivity contribution >= 4 is 23.0 Å². The van der Waals surface area contributed by atoms with Crippen LogP contribution in [0.2, 0.25) is 0 Å². The van der Waals surface area contributed by atoms with Crippen LogP contribution >= 0.6 is 12.2 Å². The van der Waals surface area contributed by atoms with Gasteiger partial charge in [0.05, 0.1) is 4.92 Å². The molecule has 2 aromatic rings. The molecule has 0 spiro atoms. The van der Waals surface area contributed by atoms with E-state index in [1.165, 1.54) is 0 Å². The molecule has 0 radical (unpaired) electrons. The lowest BCUT2D eigenvalue weighted by Crippen LogP contribution is -2.38. The second kappa shape index (κ2) is 5.01. The summed E-state index contributed by atoms with van der Waals surface area (Å²) in [5.74, 6) is 0. The highest BCUT2D eigenvalue weighted by atomic mass is 32.1. The summed E-state index contributed by atoms with van der Waals surface area (Å²) in [7, 11) is 0. The number of hydrogen-bond acceptors (Lipinski definition) is 4. The Morgan fingerprint density at radius 3 is 2.95 bits per heavy atom. The van der Waals surface area contributed by atoms with E-state index in [4.69, 9.17) is 12.2 Å². The number of non-ortho nitro benzene ring substituents is 1. The van der Waals surface area contributed by atoms with Crippen molar-refractivity contribution < 1.29 is 4.92 Å². The molecule has 0 amide bonds. The summed E-state index contributed by atoms with van der Waals surface area (Å²) in [6, 6.07) is 5.03. The first kappa shape index (κ1) is 12.7. The molecule has 1 aromatic carbocycles. The van der Waals surface area contributed by atoms with Crippen molar-refractivity contribution in [3.8, 4) is 0 Å². The van der Waals surface area contributed by atoms with Crippen LogP contribution in [0.25, 0.3) is 0 Å². The van der Waals surface area contributed by atoms with Gasteiger partial charge < -0.3 is 4.90 Å². The molecule has 102 valence electrons. The number of imidazole rings is 1. The highest BCUT2D eigenvalue weighted by molar-refractivity contribution is 7.80. The second-order valence-electron chi connectivity index (χ2n) is 4.63. The average molecular weight is 288 g/mol. The fourth-order valence-electron chi connectivity index (χ4n) is 2.36. The Kier molecular flexibility index (Phi) is 3.19. The van der Waals surface area contributed by atoms with Gasteiger partial charge in [0, 0.05) is 37.6 Å². The molecule has 20 heavy (non-hydrogen) atoms. The predicted molar refractivity (Wildman–Crippen MR) is 77.4 cm³/mol.